The van der Waals surface area contributed by atoms with Crippen molar-refractivity contribution in [1.29, 1.82) is 0 Å². The molecular formula is C15H28N2O3. The molecule has 0 aliphatic carbocycles. The number of likely N-dealkylation sites (N-methyl/N-ethyl adjacent to an activating group) is 1. The van der Waals surface area contributed by atoms with E-state index in [1.807, 2.05) is 20.9 Å². The third-order valence-corrected chi connectivity index (χ3v) is 4.60. The Bertz CT molecular complexity index is 324. The minimum absolute atomic E-state index is 0.0202. The molecule has 116 valence electrons. The van der Waals surface area contributed by atoms with Gasteiger partial charge in [-0.1, -0.05) is 0 Å². The number of hydrogen-bond donors (Lipinski definition) is 1. The van der Waals surface area contributed by atoms with Gasteiger partial charge in [-0.15, -0.1) is 0 Å². The van der Waals surface area contributed by atoms with E-state index in [1.54, 1.807) is 4.90 Å². The van der Waals surface area contributed by atoms with Crippen molar-refractivity contribution in [3.05, 3.63) is 0 Å². The van der Waals surface area contributed by atoms with Gasteiger partial charge in [-0.25, -0.2) is 0 Å². The topological polar surface area (TPSA) is 50.8 Å². The van der Waals surface area contributed by atoms with Crippen LogP contribution in [0.3, 0.4) is 0 Å². The maximum absolute atomic E-state index is 12.1. The molecule has 1 amide bonds. The molecule has 2 atom stereocenters. The van der Waals surface area contributed by atoms with Gasteiger partial charge < -0.3 is 19.7 Å². The van der Waals surface area contributed by atoms with Crippen molar-refractivity contribution in [1.82, 2.24) is 10.2 Å². The Balaban J connectivity index is 1.87. The maximum atomic E-state index is 12.1. The van der Waals surface area contributed by atoms with Gasteiger partial charge >= 0.3 is 0 Å². The zero-order chi connectivity index (χ0) is 14.6. The van der Waals surface area contributed by atoms with Gasteiger partial charge in [0.1, 0.15) is 0 Å². The first-order valence-electron chi connectivity index (χ1n) is 7.79. The Morgan fingerprint density at radius 1 is 1.40 bits per heavy atom. The molecule has 2 unspecified atom stereocenters. The molecule has 2 aliphatic rings. The summed E-state index contributed by atoms with van der Waals surface area (Å²) in [6.07, 6.45) is 3.92. The lowest BCUT2D eigenvalue weighted by atomic mass is 9.84. The zero-order valence-corrected chi connectivity index (χ0v) is 13.0. The average Bonchev–Trinajstić information content (AvgIpc) is 2.46. The summed E-state index contributed by atoms with van der Waals surface area (Å²) in [6, 6.07) is 0.242. The second kappa shape index (κ2) is 6.87. The highest BCUT2D eigenvalue weighted by Crippen LogP contribution is 2.34. The summed E-state index contributed by atoms with van der Waals surface area (Å²) in [5, 5.41) is 3.49. The predicted molar refractivity (Wildman–Crippen MR) is 77.7 cm³/mol. The van der Waals surface area contributed by atoms with E-state index in [4.69, 9.17) is 9.47 Å². The molecule has 0 bridgehead atoms. The normalized spacial score (nSPS) is 27.2. The Kier molecular flexibility index (Phi) is 5.41. The van der Waals surface area contributed by atoms with Crippen LogP contribution in [-0.2, 0) is 14.3 Å². The van der Waals surface area contributed by atoms with Crippen LogP contribution in [-0.4, -0.2) is 61.9 Å². The van der Waals surface area contributed by atoms with E-state index < -0.39 is 0 Å². The highest BCUT2D eigenvalue weighted by atomic mass is 16.5. The van der Waals surface area contributed by atoms with E-state index in [2.05, 4.69) is 5.32 Å². The van der Waals surface area contributed by atoms with Crippen molar-refractivity contribution in [2.75, 3.05) is 33.4 Å². The maximum Gasteiger partial charge on any atom is 0.239 e. The molecule has 20 heavy (non-hydrogen) atoms. The van der Waals surface area contributed by atoms with Gasteiger partial charge in [0.2, 0.25) is 5.91 Å². The molecule has 2 rings (SSSR count). The third kappa shape index (κ3) is 3.71. The molecule has 0 aromatic heterocycles. The number of amides is 1. The first-order valence-corrected chi connectivity index (χ1v) is 7.79. The first kappa shape index (κ1) is 15.7. The molecule has 0 aromatic rings. The fourth-order valence-corrected chi connectivity index (χ4v) is 3.17. The van der Waals surface area contributed by atoms with Gasteiger partial charge in [-0.3, -0.25) is 4.79 Å². The standard InChI is InChI=1S/C15H28N2O3/c1-4-17(3)14(18)12(2)16-13-5-8-20-15(11-13)6-9-19-10-7-15/h12-13,16H,4-11H2,1-3H3. The Morgan fingerprint density at radius 2 is 2.10 bits per heavy atom. The third-order valence-electron chi connectivity index (χ3n) is 4.60. The van der Waals surface area contributed by atoms with E-state index in [9.17, 15) is 4.79 Å². The highest BCUT2D eigenvalue weighted by molar-refractivity contribution is 5.81. The lowest BCUT2D eigenvalue weighted by Crippen LogP contribution is -2.54. The van der Waals surface area contributed by atoms with Gasteiger partial charge in [0.25, 0.3) is 0 Å². The summed E-state index contributed by atoms with van der Waals surface area (Å²) in [5.41, 5.74) is -0.0202. The van der Waals surface area contributed by atoms with Crippen molar-refractivity contribution >= 4 is 5.91 Å². The fourth-order valence-electron chi connectivity index (χ4n) is 3.17. The van der Waals surface area contributed by atoms with Crippen LogP contribution >= 0.6 is 0 Å². The Morgan fingerprint density at radius 3 is 2.75 bits per heavy atom. The molecule has 0 aromatic carbocycles. The number of carbonyl (C=O) groups excluding carboxylic acids is 1. The molecule has 2 fully saturated rings. The van der Waals surface area contributed by atoms with Crippen LogP contribution in [0.4, 0.5) is 0 Å². The van der Waals surface area contributed by atoms with E-state index in [0.29, 0.717) is 6.04 Å². The van der Waals surface area contributed by atoms with Crippen molar-refractivity contribution in [2.24, 2.45) is 0 Å². The predicted octanol–water partition coefficient (Wildman–Crippen LogP) is 1.17. The van der Waals surface area contributed by atoms with Crippen LogP contribution in [0.25, 0.3) is 0 Å². The van der Waals surface area contributed by atoms with Crippen molar-refractivity contribution in [3.63, 3.8) is 0 Å². The summed E-state index contributed by atoms with van der Waals surface area (Å²) in [4.78, 5) is 13.9. The van der Waals surface area contributed by atoms with Gasteiger partial charge in [0, 0.05) is 39.5 Å². The van der Waals surface area contributed by atoms with Crippen LogP contribution in [0.5, 0.6) is 0 Å². The number of nitrogens with one attached hydrogen (secondary N) is 1. The summed E-state index contributed by atoms with van der Waals surface area (Å²) < 4.78 is 11.5. The Hall–Kier alpha value is -0.650. The quantitative estimate of drug-likeness (QED) is 0.842. The van der Waals surface area contributed by atoms with Crippen LogP contribution in [0.1, 0.15) is 39.5 Å². The molecule has 0 saturated carbocycles. The van der Waals surface area contributed by atoms with Crippen LogP contribution < -0.4 is 5.32 Å². The van der Waals surface area contributed by atoms with Crippen molar-refractivity contribution < 1.29 is 14.3 Å². The fraction of sp³-hybridized carbons (Fsp3) is 0.933. The molecule has 1 N–H and O–H groups in total. The second-order valence-electron chi connectivity index (χ2n) is 6.07. The van der Waals surface area contributed by atoms with Crippen LogP contribution in [0, 0.1) is 0 Å². The smallest absolute Gasteiger partial charge is 0.239 e. The van der Waals surface area contributed by atoms with Crippen LogP contribution in [0.15, 0.2) is 0 Å². The number of rotatable bonds is 4. The van der Waals surface area contributed by atoms with Gasteiger partial charge in [0.05, 0.1) is 11.6 Å². The average molecular weight is 284 g/mol. The van der Waals surface area contributed by atoms with E-state index in [0.717, 1.165) is 52.0 Å². The van der Waals surface area contributed by atoms with Crippen molar-refractivity contribution in [2.45, 2.75) is 57.2 Å². The monoisotopic (exact) mass is 284 g/mol. The second-order valence-corrected chi connectivity index (χ2v) is 6.07. The molecule has 0 radical (unpaired) electrons. The molecule has 1 spiro atoms. The summed E-state index contributed by atoms with van der Waals surface area (Å²) in [5.74, 6) is 0.167. The van der Waals surface area contributed by atoms with Gasteiger partial charge in [0.15, 0.2) is 0 Å². The molecular weight excluding hydrogens is 256 g/mol. The van der Waals surface area contributed by atoms with E-state index in [1.165, 1.54) is 0 Å². The number of nitrogens with zero attached hydrogens (tertiary/aromatic N) is 1. The largest absolute Gasteiger partial charge is 0.381 e. The van der Waals surface area contributed by atoms with Crippen LogP contribution in [0.2, 0.25) is 0 Å². The van der Waals surface area contributed by atoms with E-state index in [-0.39, 0.29) is 17.6 Å². The van der Waals surface area contributed by atoms with Gasteiger partial charge in [-0.05, 0) is 39.5 Å². The molecule has 2 saturated heterocycles. The highest BCUT2D eigenvalue weighted by Gasteiger charge is 2.39. The number of carbonyl (C=O) groups is 1. The summed E-state index contributed by atoms with van der Waals surface area (Å²) in [7, 11) is 1.85. The number of hydrogen-bond acceptors (Lipinski definition) is 4. The summed E-state index contributed by atoms with van der Waals surface area (Å²) in [6.45, 7) is 7.07. The first-order chi connectivity index (χ1) is 9.56. The molecule has 5 nitrogen and oxygen atoms in total. The molecule has 2 aliphatic heterocycles. The minimum Gasteiger partial charge on any atom is -0.381 e. The van der Waals surface area contributed by atoms with Crippen molar-refractivity contribution in [3.8, 4) is 0 Å². The molecule has 2 heterocycles. The zero-order valence-electron chi connectivity index (χ0n) is 13.0. The Labute approximate surface area is 122 Å². The SMILES string of the molecule is CCN(C)C(=O)C(C)NC1CCOC2(CCOCC2)C1. The lowest BCUT2D eigenvalue weighted by molar-refractivity contribution is -0.144. The lowest BCUT2D eigenvalue weighted by Gasteiger charge is -2.44. The molecule has 5 heteroatoms. The van der Waals surface area contributed by atoms with Gasteiger partial charge in [-0.2, -0.15) is 0 Å². The van der Waals surface area contributed by atoms with E-state index >= 15 is 0 Å². The summed E-state index contributed by atoms with van der Waals surface area (Å²) >= 11 is 0. The number of ether oxygens (including phenoxy) is 2. The minimum atomic E-state index is -0.125.